The summed E-state index contributed by atoms with van der Waals surface area (Å²) >= 11 is 1.20. The van der Waals surface area contributed by atoms with Crippen LogP contribution in [0.4, 0.5) is 0 Å². The molecular formula is C19H15O3PS. The molecular weight excluding hydrogens is 339 g/mol. The molecule has 1 aliphatic heterocycles. The predicted octanol–water partition coefficient (Wildman–Crippen LogP) is 5.10. The van der Waals surface area contributed by atoms with Gasteiger partial charge in [-0.05, 0) is 17.7 Å². The third kappa shape index (κ3) is 3.13. The summed E-state index contributed by atoms with van der Waals surface area (Å²) in [7, 11) is -3.37. The summed E-state index contributed by atoms with van der Waals surface area (Å²) in [6.07, 6.45) is 0. The maximum absolute atomic E-state index is 13.3. The van der Waals surface area contributed by atoms with Gasteiger partial charge in [0.1, 0.15) is 11.4 Å². The Morgan fingerprint density at radius 1 is 0.708 bits per heavy atom. The van der Waals surface area contributed by atoms with Gasteiger partial charge in [0.15, 0.2) is 11.5 Å². The molecule has 0 spiro atoms. The molecule has 4 rings (SSSR count). The van der Waals surface area contributed by atoms with Gasteiger partial charge < -0.3 is 13.9 Å². The lowest BCUT2D eigenvalue weighted by molar-refractivity contribution is -0.193. The van der Waals surface area contributed by atoms with Gasteiger partial charge in [-0.2, -0.15) is 0 Å². The monoisotopic (exact) mass is 354 g/mol. The molecule has 0 bridgehead atoms. The van der Waals surface area contributed by atoms with Crippen LogP contribution in [0.15, 0.2) is 78.9 Å². The van der Waals surface area contributed by atoms with Crippen LogP contribution in [0.5, 0.6) is 11.5 Å². The number of benzene rings is 3. The predicted molar refractivity (Wildman–Crippen MR) is 97.8 cm³/mol. The summed E-state index contributed by atoms with van der Waals surface area (Å²) in [4.78, 5) is 13.3. The van der Waals surface area contributed by atoms with Crippen molar-refractivity contribution in [1.29, 1.82) is 0 Å². The Kier molecular flexibility index (Phi) is 4.19. The second-order valence-electron chi connectivity index (χ2n) is 5.38. The van der Waals surface area contributed by atoms with Crippen molar-refractivity contribution in [1.82, 2.24) is 0 Å². The van der Waals surface area contributed by atoms with Crippen molar-refractivity contribution in [2.75, 3.05) is 0 Å². The van der Waals surface area contributed by atoms with Crippen LogP contribution in [0.25, 0.3) is 11.1 Å². The van der Waals surface area contributed by atoms with Crippen LogP contribution in [0.1, 0.15) is 5.56 Å². The molecule has 0 saturated heterocycles. The van der Waals surface area contributed by atoms with Gasteiger partial charge in [-0.25, -0.2) is 0 Å². The van der Waals surface area contributed by atoms with Crippen molar-refractivity contribution in [3.05, 3.63) is 84.4 Å². The van der Waals surface area contributed by atoms with E-state index in [4.69, 9.17) is 9.05 Å². The van der Waals surface area contributed by atoms with Crippen molar-refractivity contribution < 1.29 is 13.9 Å². The van der Waals surface area contributed by atoms with Crippen molar-refractivity contribution >= 4 is 18.5 Å². The minimum atomic E-state index is -3.37. The summed E-state index contributed by atoms with van der Waals surface area (Å²) < 4.78 is 11.7. The first-order chi connectivity index (χ1) is 11.7. The molecule has 3 aromatic rings. The van der Waals surface area contributed by atoms with Crippen LogP contribution < -0.4 is 13.9 Å². The Balaban J connectivity index is 1.69. The number of hydrogen-bond donors (Lipinski definition) is 0. The van der Waals surface area contributed by atoms with E-state index in [2.05, 4.69) is 0 Å². The fourth-order valence-corrected chi connectivity index (χ4v) is 5.74. The van der Waals surface area contributed by atoms with E-state index in [9.17, 15) is 4.89 Å². The first-order valence-electron chi connectivity index (χ1n) is 7.60. The first-order valence-corrected chi connectivity index (χ1v) is 10.7. The molecule has 1 heterocycles. The summed E-state index contributed by atoms with van der Waals surface area (Å²) in [5.41, 5.74) is 2.87. The van der Waals surface area contributed by atoms with Gasteiger partial charge in [0.25, 0.3) is 0 Å². The van der Waals surface area contributed by atoms with Crippen LogP contribution >= 0.6 is 18.5 Å². The molecule has 0 amide bonds. The Bertz CT molecular complexity index is 806. The normalized spacial score (nSPS) is 14.5. The van der Waals surface area contributed by atoms with E-state index in [-0.39, 0.29) is 0 Å². The molecule has 0 N–H and O–H groups in total. The van der Waals surface area contributed by atoms with Crippen LogP contribution in [-0.2, 0) is 5.75 Å². The highest BCUT2D eigenvalue weighted by atomic mass is 32.7. The number of para-hydroxylation sites is 2. The molecule has 24 heavy (non-hydrogen) atoms. The van der Waals surface area contributed by atoms with Gasteiger partial charge >= 0.3 is 7.15 Å². The van der Waals surface area contributed by atoms with Crippen LogP contribution in [0.3, 0.4) is 0 Å². The topological polar surface area (TPSA) is 41.5 Å². The van der Waals surface area contributed by atoms with E-state index in [0.29, 0.717) is 17.3 Å². The lowest BCUT2D eigenvalue weighted by Crippen LogP contribution is -2.17. The molecule has 5 heteroatoms. The zero-order chi connectivity index (χ0) is 16.4. The van der Waals surface area contributed by atoms with E-state index in [1.165, 1.54) is 11.4 Å². The Morgan fingerprint density at radius 2 is 1.21 bits per heavy atom. The second kappa shape index (κ2) is 6.48. The highest BCUT2D eigenvalue weighted by Crippen LogP contribution is 2.67. The summed E-state index contributed by atoms with van der Waals surface area (Å²) in [5, 5.41) is 0. The van der Waals surface area contributed by atoms with Gasteiger partial charge in [0.05, 0.1) is 5.75 Å². The van der Waals surface area contributed by atoms with Crippen molar-refractivity contribution in [3.8, 4) is 22.6 Å². The quantitative estimate of drug-likeness (QED) is 0.614. The third-order valence-electron chi connectivity index (χ3n) is 3.72. The number of hydrogen-bond acceptors (Lipinski definition) is 4. The highest BCUT2D eigenvalue weighted by molar-refractivity contribution is 8.56. The Hall–Kier alpha value is -2.00. The zero-order valence-corrected chi connectivity index (χ0v) is 14.5. The maximum Gasteiger partial charge on any atom is 0.394 e. The minimum Gasteiger partial charge on any atom is -0.607 e. The molecule has 120 valence electrons. The van der Waals surface area contributed by atoms with Gasteiger partial charge in [-0.1, -0.05) is 66.7 Å². The average Bonchev–Trinajstić information content (AvgIpc) is 2.75. The van der Waals surface area contributed by atoms with Gasteiger partial charge in [0.2, 0.25) is 0 Å². The largest absolute Gasteiger partial charge is 0.607 e. The fourth-order valence-electron chi connectivity index (χ4n) is 2.58. The first kappa shape index (κ1) is 15.5. The summed E-state index contributed by atoms with van der Waals surface area (Å²) in [6, 6.07) is 25.1. The Morgan fingerprint density at radius 3 is 1.79 bits per heavy atom. The summed E-state index contributed by atoms with van der Waals surface area (Å²) in [6.45, 7) is 0. The molecule has 3 nitrogen and oxygen atoms in total. The summed E-state index contributed by atoms with van der Waals surface area (Å²) in [5.74, 6) is 1.74. The molecule has 0 fully saturated rings. The molecule has 0 atom stereocenters. The van der Waals surface area contributed by atoms with Crippen LogP contribution in [0.2, 0.25) is 0 Å². The van der Waals surface area contributed by atoms with Gasteiger partial charge in [-0.15, -0.1) is 0 Å². The van der Waals surface area contributed by atoms with Crippen LogP contribution in [-0.4, -0.2) is 0 Å². The molecule has 0 aromatic heterocycles. The van der Waals surface area contributed by atoms with E-state index in [1.54, 1.807) is 0 Å². The van der Waals surface area contributed by atoms with E-state index in [1.807, 2.05) is 78.9 Å². The SMILES string of the molecule is [O-][P+]1(SCc2ccccc2)Oc2ccccc2-c2ccccc2O1. The van der Waals surface area contributed by atoms with Crippen molar-refractivity contribution in [2.45, 2.75) is 5.75 Å². The molecule has 3 aromatic carbocycles. The molecule has 0 unspecified atom stereocenters. The third-order valence-corrected chi connectivity index (χ3v) is 7.12. The van der Waals surface area contributed by atoms with E-state index >= 15 is 0 Å². The smallest absolute Gasteiger partial charge is 0.394 e. The lowest BCUT2D eigenvalue weighted by atomic mass is 10.0. The lowest BCUT2D eigenvalue weighted by Gasteiger charge is -2.24. The van der Waals surface area contributed by atoms with Gasteiger partial charge in [-0.3, -0.25) is 0 Å². The molecule has 0 aliphatic carbocycles. The zero-order valence-electron chi connectivity index (χ0n) is 12.8. The Labute approximate surface area is 145 Å². The number of rotatable bonds is 3. The maximum atomic E-state index is 13.3. The minimum absolute atomic E-state index is 0.558. The molecule has 0 radical (unpaired) electrons. The molecule has 0 saturated carbocycles. The van der Waals surface area contributed by atoms with Crippen molar-refractivity contribution in [3.63, 3.8) is 0 Å². The van der Waals surface area contributed by atoms with Crippen molar-refractivity contribution in [2.24, 2.45) is 0 Å². The van der Waals surface area contributed by atoms with E-state index < -0.39 is 7.15 Å². The van der Waals surface area contributed by atoms with Gasteiger partial charge in [0, 0.05) is 11.1 Å². The van der Waals surface area contributed by atoms with E-state index in [0.717, 1.165) is 16.7 Å². The molecule has 1 aliphatic rings. The standard InChI is InChI=1S/C19H15O3PS/c20-23(24-14-15-8-2-1-3-9-15)21-18-12-6-4-10-16(18)17-11-5-7-13-19(17)22-23/h1-13H,14H2. The second-order valence-corrected chi connectivity index (χ2v) is 9.30. The number of fused-ring (bicyclic) bond motifs is 3. The fraction of sp³-hybridized carbons (Fsp3) is 0.0526. The average molecular weight is 354 g/mol. The van der Waals surface area contributed by atoms with Crippen LogP contribution in [0, 0.1) is 0 Å². The highest BCUT2D eigenvalue weighted by Gasteiger charge is 2.40.